The molecule has 0 unspecified atom stereocenters. The smallest absolute Gasteiger partial charge is 0.222 e. The second kappa shape index (κ2) is 6.45. The monoisotopic (exact) mass is 377 g/mol. The molecule has 1 amide bonds. The van der Waals surface area contributed by atoms with Crippen molar-refractivity contribution in [3.63, 3.8) is 0 Å². The van der Waals surface area contributed by atoms with Gasteiger partial charge in [-0.05, 0) is 28.1 Å². The van der Waals surface area contributed by atoms with Crippen molar-refractivity contribution in [2.45, 2.75) is 12.5 Å². The molecule has 0 saturated carbocycles. The normalized spacial score (nSPS) is 21.0. The average Bonchev–Trinajstić information content (AvgIpc) is 2.88. The number of aromatic nitrogens is 1. The second-order valence-corrected chi connectivity index (χ2v) is 7.05. The summed E-state index contributed by atoms with van der Waals surface area (Å²) in [6, 6.07) is 7.96. The van der Waals surface area contributed by atoms with Gasteiger partial charge in [-0.15, -0.1) is 0 Å². The molecule has 1 aliphatic heterocycles. The van der Waals surface area contributed by atoms with Gasteiger partial charge in [0.25, 0.3) is 0 Å². The van der Waals surface area contributed by atoms with Crippen molar-refractivity contribution in [3.8, 4) is 0 Å². The lowest BCUT2D eigenvalue weighted by Crippen LogP contribution is -2.28. The molecule has 122 valence electrons. The molecule has 1 N–H and O–H groups in total. The lowest BCUT2D eigenvalue weighted by atomic mass is 10.0. The molecule has 23 heavy (non-hydrogen) atoms. The van der Waals surface area contributed by atoms with Crippen molar-refractivity contribution >= 4 is 38.4 Å². The van der Waals surface area contributed by atoms with E-state index in [4.69, 9.17) is 0 Å². The summed E-state index contributed by atoms with van der Waals surface area (Å²) in [6.45, 7) is 1.21. The zero-order chi connectivity index (χ0) is 16.6. The Hall–Kier alpha value is -1.66. The van der Waals surface area contributed by atoms with Gasteiger partial charge in [0.1, 0.15) is 0 Å². The molecule has 2 atom stereocenters. The summed E-state index contributed by atoms with van der Waals surface area (Å²) >= 11 is 3.53. The maximum atomic E-state index is 11.9. The number of fused-ring (bicyclic) bond motifs is 1. The van der Waals surface area contributed by atoms with Gasteiger partial charge in [-0.25, -0.2) is 0 Å². The third-order valence-corrected chi connectivity index (χ3v) is 5.02. The summed E-state index contributed by atoms with van der Waals surface area (Å²) in [5, 5.41) is 11.4. The quantitative estimate of drug-likeness (QED) is 0.891. The number of hydrogen-bond acceptors (Lipinski definition) is 4. The molecule has 1 aromatic carbocycles. The van der Waals surface area contributed by atoms with E-state index in [1.807, 2.05) is 24.3 Å². The number of carbonyl (C=O) groups is 1. The number of benzene rings is 1. The van der Waals surface area contributed by atoms with E-state index < -0.39 is 6.10 Å². The zero-order valence-electron chi connectivity index (χ0n) is 13.2. The van der Waals surface area contributed by atoms with Gasteiger partial charge in [-0.3, -0.25) is 9.78 Å². The summed E-state index contributed by atoms with van der Waals surface area (Å²) in [4.78, 5) is 20.1. The highest BCUT2D eigenvalue weighted by Crippen LogP contribution is 2.33. The van der Waals surface area contributed by atoms with E-state index in [1.165, 1.54) is 0 Å². The topological polar surface area (TPSA) is 56.7 Å². The van der Waals surface area contributed by atoms with Crippen molar-refractivity contribution in [2.24, 2.45) is 5.92 Å². The first-order valence-electron chi connectivity index (χ1n) is 7.63. The Labute approximate surface area is 144 Å². The molecule has 6 heteroatoms. The Bertz CT molecular complexity index is 735. The first kappa shape index (κ1) is 16.2. The van der Waals surface area contributed by atoms with Crippen LogP contribution in [0.4, 0.5) is 5.69 Å². The van der Waals surface area contributed by atoms with Crippen molar-refractivity contribution in [2.75, 3.05) is 32.1 Å². The Morgan fingerprint density at radius 2 is 2.17 bits per heavy atom. The highest BCUT2D eigenvalue weighted by atomic mass is 79.9. The molecule has 0 spiro atoms. The van der Waals surface area contributed by atoms with Crippen LogP contribution in [0.15, 0.2) is 34.9 Å². The number of rotatable bonds is 3. The number of anilines is 1. The van der Waals surface area contributed by atoms with Gasteiger partial charge in [0.05, 0.1) is 11.6 Å². The Morgan fingerprint density at radius 1 is 1.39 bits per heavy atom. The lowest BCUT2D eigenvalue weighted by molar-refractivity contribution is -0.130. The molecule has 1 fully saturated rings. The highest BCUT2D eigenvalue weighted by molar-refractivity contribution is 9.10. The average molecular weight is 378 g/mol. The molecule has 2 heterocycles. The fourth-order valence-corrected chi connectivity index (χ4v) is 3.53. The fourth-order valence-electron chi connectivity index (χ4n) is 3.06. The van der Waals surface area contributed by atoms with Crippen LogP contribution in [0.3, 0.4) is 0 Å². The number of para-hydroxylation sites is 1. The van der Waals surface area contributed by atoms with Crippen LogP contribution in [0.2, 0.25) is 0 Å². The van der Waals surface area contributed by atoms with Crippen LogP contribution < -0.4 is 4.90 Å². The molecule has 1 aliphatic rings. The fraction of sp³-hybridized carbons (Fsp3) is 0.412. The van der Waals surface area contributed by atoms with Crippen LogP contribution in [-0.2, 0) is 4.79 Å². The summed E-state index contributed by atoms with van der Waals surface area (Å²) in [6.07, 6.45) is 1.67. The van der Waals surface area contributed by atoms with Gasteiger partial charge in [-0.2, -0.15) is 0 Å². The Morgan fingerprint density at radius 3 is 2.91 bits per heavy atom. The minimum absolute atomic E-state index is 0.0414. The zero-order valence-corrected chi connectivity index (χ0v) is 14.8. The van der Waals surface area contributed by atoms with Gasteiger partial charge in [-0.1, -0.05) is 12.1 Å². The van der Waals surface area contributed by atoms with Crippen molar-refractivity contribution < 1.29 is 9.90 Å². The molecular formula is C17H20BrN3O2. The number of aliphatic hydroxyl groups is 1. The maximum Gasteiger partial charge on any atom is 0.222 e. The van der Waals surface area contributed by atoms with Crippen LogP contribution in [0, 0.1) is 5.92 Å². The minimum Gasteiger partial charge on any atom is -0.391 e. The van der Waals surface area contributed by atoms with Gasteiger partial charge in [0.2, 0.25) is 5.91 Å². The number of aliphatic hydroxyl groups excluding tert-OH is 1. The summed E-state index contributed by atoms with van der Waals surface area (Å²) in [5.41, 5.74) is 1.96. The van der Waals surface area contributed by atoms with Crippen LogP contribution >= 0.6 is 15.9 Å². The highest BCUT2D eigenvalue weighted by Gasteiger charge is 2.33. The minimum atomic E-state index is -0.491. The molecular weight excluding hydrogens is 358 g/mol. The number of amides is 1. The van der Waals surface area contributed by atoms with Crippen molar-refractivity contribution in [3.05, 3.63) is 34.9 Å². The van der Waals surface area contributed by atoms with E-state index in [0.717, 1.165) is 21.1 Å². The van der Waals surface area contributed by atoms with Crippen LogP contribution in [-0.4, -0.2) is 54.2 Å². The Balaban J connectivity index is 1.87. The number of carbonyl (C=O) groups excluding carboxylic acids is 1. The number of hydrogen-bond donors (Lipinski definition) is 1. The maximum absolute atomic E-state index is 11.9. The molecule has 1 aromatic heterocycles. The lowest BCUT2D eigenvalue weighted by Gasteiger charge is -2.20. The van der Waals surface area contributed by atoms with Crippen LogP contribution in [0.5, 0.6) is 0 Å². The van der Waals surface area contributed by atoms with E-state index in [9.17, 15) is 9.90 Å². The van der Waals surface area contributed by atoms with Gasteiger partial charge < -0.3 is 14.9 Å². The van der Waals surface area contributed by atoms with Gasteiger partial charge in [0, 0.05) is 61.3 Å². The van der Waals surface area contributed by atoms with Gasteiger partial charge in [0.15, 0.2) is 0 Å². The van der Waals surface area contributed by atoms with Crippen LogP contribution in [0.1, 0.15) is 6.42 Å². The standard InChI is InChI=1S/C17H20BrN3O2/c1-20(2)16(23)8-11-9-21(10-15(11)22)14-6-7-19-17-12(14)4-3-5-13(17)18/h3-7,11,15,22H,8-10H2,1-2H3/t11-,15-/m1/s1. The number of β-amino-alcohol motifs (C(OH)–C–C–N with tert-alkyl or cyclic N) is 1. The number of nitrogens with zero attached hydrogens (tertiary/aromatic N) is 3. The number of halogens is 1. The molecule has 1 saturated heterocycles. The van der Waals surface area contributed by atoms with E-state index in [0.29, 0.717) is 19.5 Å². The third-order valence-electron chi connectivity index (χ3n) is 4.38. The number of pyridine rings is 1. The van der Waals surface area contributed by atoms with E-state index >= 15 is 0 Å². The summed E-state index contributed by atoms with van der Waals surface area (Å²) < 4.78 is 0.955. The largest absolute Gasteiger partial charge is 0.391 e. The summed E-state index contributed by atoms with van der Waals surface area (Å²) in [5.74, 6) is 0.0125. The molecule has 0 aliphatic carbocycles. The van der Waals surface area contributed by atoms with Crippen LogP contribution in [0.25, 0.3) is 10.9 Å². The molecule has 0 bridgehead atoms. The molecule has 0 radical (unpaired) electrons. The first-order chi connectivity index (χ1) is 11.0. The van der Waals surface area contributed by atoms with Crippen molar-refractivity contribution in [1.82, 2.24) is 9.88 Å². The molecule has 2 aromatic rings. The molecule has 3 rings (SSSR count). The summed E-state index contributed by atoms with van der Waals surface area (Å²) in [7, 11) is 3.49. The van der Waals surface area contributed by atoms with Gasteiger partial charge >= 0.3 is 0 Å². The Kier molecular flexibility index (Phi) is 4.55. The first-order valence-corrected chi connectivity index (χ1v) is 8.43. The second-order valence-electron chi connectivity index (χ2n) is 6.19. The van der Waals surface area contributed by atoms with E-state index in [1.54, 1.807) is 25.2 Å². The van der Waals surface area contributed by atoms with E-state index in [2.05, 4.69) is 25.8 Å². The van der Waals surface area contributed by atoms with Crippen molar-refractivity contribution in [1.29, 1.82) is 0 Å². The predicted octanol–water partition coefficient (Wildman–Crippen LogP) is 2.27. The predicted molar refractivity (Wildman–Crippen MR) is 94.5 cm³/mol. The SMILES string of the molecule is CN(C)C(=O)C[C@@H]1CN(c2ccnc3c(Br)cccc23)C[C@H]1O. The third kappa shape index (κ3) is 3.19. The molecule has 5 nitrogen and oxygen atoms in total. The van der Waals surface area contributed by atoms with E-state index in [-0.39, 0.29) is 11.8 Å².